The zero-order valence-electron chi connectivity index (χ0n) is 10.0. The van der Waals surface area contributed by atoms with Crippen LogP contribution in [0.4, 0.5) is 0 Å². The van der Waals surface area contributed by atoms with Crippen molar-refractivity contribution in [3.05, 3.63) is 11.8 Å². The van der Waals surface area contributed by atoms with Gasteiger partial charge in [-0.1, -0.05) is 6.92 Å². The molecule has 0 spiro atoms. The highest BCUT2D eigenvalue weighted by molar-refractivity contribution is 5.89. The summed E-state index contributed by atoms with van der Waals surface area (Å²) in [6, 6.07) is -0.0163. The van der Waals surface area contributed by atoms with Crippen LogP contribution in [0, 0.1) is 0 Å². The van der Waals surface area contributed by atoms with Gasteiger partial charge in [0.2, 0.25) is 0 Å². The van der Waals surface area contributed by atoms with Crippen LogP contribution in [0.5, 0.6) is 0 Å². The van der Waals surface area contributed by atoms with Gasteiger partial charge in [-0.2, -0.15) is 0 Å². The Balaban J connectivity index is 2.85. The molecule has 86 valence electrons. The van der Waals surface area contributed by atoms with Gasteiger partial charge in [0.25, 0.3) is 0 Å². The Bertz CT molecular complexity index is 278. The normalized spacial score (nSPS) is 22.2. The molecule has 1 aliphatic heterocycles. The second kappa shape index (κ2) is 4.23. The number of hydrogen-bond acceptors (Lipinski definition) is 4. The first kappa shape index (κ1) is 12.0. The standard InChI is InChI=1S/C11H19NO3/c1-6-9-8(10(13)14-5)7-15-12(9)11(2,3)4/h7,9H,6H2,1-5H3. The van der Waals surface area contributed by atoms with Crippen LogP contribution < -0.4 is 0 Å². The van der Waals surface area contributed by atoms with E-state index in [9.17, 15) is 4.79 Å². The first-order chi connectivity index (χ1) is 6.91. The van der Waals surface area contributed by atoms with Crippen LogP contribution in [0.1, 0.15) is 34.1 Å². The molecule has 0 radical (unpaired) electrons. The SMILES string of the molecule is CCC1C(C(=O)OC)=CON1C(C)(C)C. The Labute approximate surface area is 90.8 Å². The highest BCUT2D eigenvalue weighted by Crippen LogP contribution is 2.30. The summed E-state index contributed by atoms with van der Waals surface area (Å²) in [4.78, 5) is 16.9. The van der Waals surface area contributed by atoms with Crippen LogP contribution in [0.3, 0.4) is 0 Å². The molecule has 0 aromatic heterocycles. The smallest absolute Gasteiger partial charge is 0.338 e. The maximum Gasteiger partial charge on any atom is 0.338 e. The minimum absolute atomic E-state index is 0.0163. The quantitative estimate of drug-likeness (QED) is 0.656. The van der Waals surface area contributed by atoms with E-state index in [1.54, 1.807) is 0 Å². The summed E-state index contributed by atoms with van der Waals surface area (Å²) in [5.74, 6) is -0.311. The molecular weight excluding hydrogens is 194 g/mol. The number of methoxy groups -OCH3 is 1. The Hall–Kier alpha value is -1.03. The van der Waals surface area contributed by atoms with E-state index < -0.39 is 0 Å². The van der Waals surface area contributed by atoms with Crippen LogP contribution in [0.25, 0.3) is 0 Å². The molecule has 1 heterocycles. The number of hydrogen-bond donors (Lipinski definition) is 0. The lowest BCUT2D eigenvalue weighted by atomic mass is 10.0. The molecule has 1 unspecified atom stereocenters. The summed E-state index contributed by atoms with van der Waals surface area (Å²) in [7, 11) is 1.38. The Kier molecular flexibility index (Phi) is 3.39. The second-order valence-electron chi connectivity index (χ2n) is 4.59. The van der Waals surface area contributed by atoms with Gasteiger partial charge in [0, 0.05) is 5.54 Å². The topological polar surface area (TPSA) is 38.8 Å². The number of carbonyl (C=O) groups excluding carboxylic acids is 1. The minimum Gasteiger partial charge on any atom is -0.466 e. The van der Waals surface area contributed by atoms with Crippen molar-refractivity contribution in [3.63, 3.8) is 0 Å². The fourth-order valence-electron chi connectivity index (χ4n) is 1.71. The van der Waals surface area contributed by atoms with E-state index in [2.05, 4.69) is 0 Å². The molecule has 0 aromatic rings. The van der Waals surface area contributed by atoms with E-state index in [1.807, 2.05) is 32.8 Å². The van der Waals surface area contributed by atoms with Crippen LogP contribution >= 0.6 is 0 Å². The van der Waals surface area contributed by atoms with E-state index in [0.29, 0.717) is 5.57 Å². The van der Waals surface area contributed by atoms with Crippen LogP contribution in [-0.4, -0.2) is 29.7 Å². The van der Waals surface area contributed by atoms with Gasteiger partial charge in [-0.3, -0.25) is 0 Å². The fraction of sp³-hybridized carbons (Fsp3) is 0.727. The molecule has 0 bridgehead atoms. The van der Waals surface area contributed by atoms with Gasteiger partial charge < -0.3 is 9.57 Å². The van der Waals surface area contributed by atoms with Crippen molar-refractivity contribution in [3.8, 4) is 0 Å². The molecular formula is C11H19NO3. The Morgan fingerprint density at radius 1 is 1.60 bits per heavy atom. The zero-order valence-corrected chi connectivity index (χ0v) is 10.0. The lowest BCUT2D eigenvalue weighted by Gasteiger charge is -2.34. The summed E-state index contributed by atoms with van der Waals surface area (Å²) in [6.07, 6.45) is 2.31. The van der Waals surface area contributed by atoms with Crippen LogP contribution in [-0.2, 0) is 14.4 Å². The van der Waals surface area contributed by atoms with E-state index in [1.165, 1.54) is 13.4 Å². The van der Waals surface area contributed by atoms with Gasteiger partial charge in [0.15, 0.2) is 0 Å². The molecule has 0 saturated heterocycles. The molecule has 1 aliphatic rings. The average molecular weight is 213 g/mol. The van der Waals surface area contributed by atoms with Crippen LogP contribution in [0.15, 0.2) is 11.8 Å². The predicted octanol–water partition coefficient (Wildman–Crippen LogP) is 1.87. The molecule has 0 aromatic carbocycles. The number of carbonyl (C=O) groups is 1. The van der Waals surface area contributed by atoms with Crippen LogP contribution in [0.2, 0.25) is 0 Å². The van der Waals surface area contributed by atoms with Gasteiger partial charge in [-0.05, 0) is 27.2 Å². The highest BCUT2D eigenvalue weighted by Gasteiger charge is 2.39. The van der Waals surface area contributed by atoms with Crippen molar-refractivity contribution in [1.29, 1.82) is 0 Å². The largest absolute Gasteiger partial charge is 0.466 e. The molecule has 0 N–H and O–H groups in total. The molecule has 15 heavy (non-hydrogen) atoms. The van der Waals surface area contributed by atoms with E-state index in [0.717, 1.165) is 6.42 Å². The van der Waals surface area contributed by atoms with Crippen molar-refractivity contribution >= 4 is 5.97 Å². The maximum absolute atomic E-state index is 11.5. The number of nitrogens with zero attached hydrogens (tertiary/aromatic N) is 1. The van der Waals surface area contributed by atoms with Gasteiger partial charge >= 0.3 is 5.97 Å². The van der Waals surface area contributed by atoms with E-state index in [-0.39, 0.29) is 17.6 Å². The second-order valence-corrected chi connectivity index (χ2v) is 4.59. The monoisotopic (exact) mass is 213 g/mol. The van der Waals surface area contributed by atoms with Gasteiger partial charge in [-0.25, -0.2) is 4.79 Å². The lowest BCUT2D eigenvalue weighted by molar-refractivity contribution is -0.167. The number of rotatable bonds is 2. The molecule has 0 saturated carbocycles. The summed E-state index contributed by atoms with van der Waals surface area (Å²) in [6.45, 7) is 8.16. The molecule has 0 aliphatic carbocycles. The molecule has 1 atom stereocenters. The Morgan fingerprint density at radius 2 is 2.20 bits per heavy atom. The summed E-state index contributed by atoms with van der Waals surface area (Å²) < 4.78 is 4.71. The fourth-order valence-corrected chi connectivity index (χ4v) is 1.71. The molecule has 1 rings (SSSR count). The van der Waals surface area contributed by atoms with Crippen molar-refractivity contribution < 1.29 is 14.4 Å². The lowest BCUT2D eigenvalue weighted by Crippen LogP contribution is -2.45. The molecule has 0 amide bonds. The number of esters is 1. The van der Waals surface area contributed by atoms with Gasteiger partial charge in [0.1, 0.15) is 6.26 Å². The third-order valence-electron chi connectivity index (χ3n) is 2.40. The average Bonchev–Trinajstić information content (AvgIpc) is 2.59. The Morgan fingerprint density at radius 3 is 2.60 bits per heavy atom. The highest BCUT2D eigenvalue weighted by atomic mass is 16.7. The van der Waals surface area contributed by atoms with Crippen molar-refractivity contribution in [2.45, 2.75) is 45.7 Å². The van der Waals surface area contributed by atoms with E-state index in [4.69, 9.17) is 9.57 Å². The van der Waals surface area contributed by atoms with Gasteiger partial charge in [0.05, 0.1) is 18.7 Å². The van der Waals surface area contributed by atoms with Crippen molar-refractivity contribution in [2.24, 2.45) is 0 Å². The molecule has 4 heteroatoms. The van der Waals surface area contributed by atoms with Gasteiger partial charge in [-0.15, -0.1) is 5.06 Å². The number of hydroxylamine groups is 2. The van der Waals surface area contributed by atoms with Crippen molar-refractivity contribution in [1.82, 2.24) is 5.06 Å². The first-order valence-electron chi connectivity index (χ1n) is 5.16. The van der Waals surface area contributed by atoms with Crippen molar-refractivity contribution in [2.75, 3.05) is 7.11 Å². The predicted molar refractivity (Wildman–Crippen MR) is 56.9 cm³/mol. The zero-order chi connectivity index (χ0) is 11.6. The maximum atomic E-state index is 11.5. The third-order valence-corrected chi connectivity index (χ3v) is 2.40. The first-order valence-corrected chi connectivity index (χ1v) is 5.16. The summed E-state index contributed by atoms with van der Waals surface area (Å²) in [5.41, 5.74) is 0.461. The number of ether oxygens (including phenoxy) is 1. The molecule has 4 nitrogen and oxygen atoms in total. The minimum atomic E-state index is -0.311. The summed E-state index contributed by atoms with van der Waals surface area (Å²) >= 11 is 0. The molecule has 0 fully saturated rings. The third kappa shape index (κ3) is 2.31. The van der Waals surface area contributed by atoms with E-state index >= 15 is 0 Å². The summed E-state index contributed by atoms with van der Waals surface area (Å²) in [5, 5.41) is 1.83.